The highest BCUT2D eigenvalue weighted by Crippen LogP contribution is 2.51. The zero-order valence-electron chi connectivity index (χ0n) is 10.6. The minimum Gasteiger partial charge on any atom is -0.481 e. The summed E-state index contributed by atoms with van der Waals surface area (Å²) in [4.78, 5) is 23.6. The van der Waals surface area contributed by atoms with Crippen LogP contribution in [0.1, 0.15) is 32.1 Å². The fourth-order valence-corrected chi connectivity index (χ4v) is 3.02. The van der Waals surface area contributed by atoms with E-state index < -0.39 is 5.97 Å². The molecule has 0 spiro atoms. The first-order valence-electron chi connectivity index (χ1n) is 5.95. The second-order valence-electron chi connectivity index (χ2n) is 5.01. The van der Waals surface area contributed by atoms with E-state index in [9.17, 15) is 9.59 Å². The number of amides is 1. The molecule has 1 N–H and O–H groups in total. The summed E-state index contributed by atoms with van der Waals surface area (Å²) in [6.45, 7) is 0. The van der Waals surface area contributed by atoms with Gasteiger partial charge in [-0.1, -0.05) is 0 Å². The molecule has 0 aliphatic heterocycles. The summed E-state index contributed by atoms with van der Waals surface area (Å²) in [5.74, 6) is 1.35. The van der Waals surface area contributed by atoms with Crippen molar-refractivity contribution in [1.29, 1.82) is 0 Å². The van der Waals surface area contributed by atoms with Gasteiger partial charge in [0.1, 0.15) is 0 Å². The summed E-state index contributed by atoms with van der Waals surface area (Å²) in [7, 11) is 3.53. The summed E-state index contributed by atoms with van der Waals surface area (Å²) < 4.78 is 0. The third-order valence-electron chi connectivity index (χ3n) is 3.07. The Morgan fingerprint density at radius 3 is 2.47 bits per heavy atom. The Labute approximate surface area is 107 Å². The van der Waals surface area contributed by atoms with Crippen molar-refractivity contribution in [3.8, 4) is 0 Å². The maximum absolute atomic E-state index is 11.3. The zero-order valence-corrected chi connectivity index (χ0v) is 11.4. The van der Waals surface area contributed by atoms with Crippen LogP contribution in [0.5, 0.6) is 0 Å². The normalized spacial score (nSPS) is 16.6. The summed E-state index contributed by atoms with van der Waals surface area (Å²) in [5, 5.41) is 8.77. The van der Waals surface area contributed by atoms with Crippen LogP contribution >= 0.6 is 11.8 Å². The smallest absolute Gasteiger partial charge is 0.303 e. The van der Waals surface area contributed by atoms with E-state index >= 15 is 0 Å². The molecule has 0 bridgehead atoms. The van der Waals surface area contributed by atoms with Crippen LogP contribution in [0.3, 0.4) is 0 Å². The van der Waals surface area contributed by atoms with Crippen molar-refractivity contribution in [2.75, 3.05) is 25.6 Å². The highest BCUT2D eigenvalue weighted by molar-refractivity contribution is 7.99. The molecular formula is C12H21NO3S. The molecule has 0 saturated heterocycles. The number of nitrogens with zero attached hydrogens (tertiary/aromatic N) is 1. The van der Waals surface area contributed by atoms with E-state index in [2.05, 4.69) is 0 Å². The van der Waals surface area contributed by atoms with Gasteiger partial charge in [0.2, 0.25) is 5.91 Å². The van der Waals surface area contributed by atoms with Gasteiger partial charge in [-0.25, -0.2) is 0 Å². The Kier molecular flexibility index (Phi) is 5.31. The lowest BCUT2D eigenvalue weighted by atomic mass is 10.1. The predicted octanol–water partition coefficient (Wildman–Crippen LogP) is 1.84. The van der Waals surface area contributed by atoms with E-state index in [0.717, 1.165) is 30.8 Å². The Hall–Kier alpha value is -0.710. The number of carbonyl (C=O) groups excluding carboxylic acids is 1. The van der Waals surface area contributed by atoms with Crippen molar-refractivity contribution >= 4 is 23.6 Å². The van der Waals surface area contributed by atoms with Gasteiger partial charge < -0.3 is 10.0 Å². The Morgan fingerprint density at radius 1 is 1.35 bits per heavy atom. The van der Waals surface area contributed by atoms with Gasteiger partial charge in [0.05, 0.1) is 6.42 Å². The van der Waals surface area contributed by atoms with Crippen LogP contribution in [0, 0.1) is 5.41 Å². The monoisotopic (exact) mass is 259 g/mol. The van der Waals surface area contributed by atoms with Crippen molar-refractivity contribution in [2.24, 2.45) is 5.41 Å². The largest absolute Gasteiger partial charge is 0.481 e. The minimum atomic E-state index is -0.689. The number of hydrogen-bond acceptors (Lipinski definition) is 3. The number of carboxylic acids is 1. The van der Waals surface area contributed by atoms with Gasteiger partial charge in [-0.15, -0.1) is 0 Å². The van der Waals surface area contributed by atoms with E-state index in [1.54, 1.807) is 30.8 Å². The molecule has 0 unspecified atom stereocenters. The third kappa shape index (κ3) is 5.44. The highest BCUT2D eigenvalue weighted by Gasteiger charge is 2.43. The summed E-state index contributed by atoms with van der Waals surface area (Å²) in [6, 6.07) is 0. The molecule has 0 heterocycles. The molecule has 17 heavy (non-hydrogen) atoms. The second-order valence-corrected chi connectivity index (χ2v) is 6.12. The molecule has 0 aromatic carbocycles. The first kappa shape index (κ1) is 14.4. The molecule has 1 fully saturated rings. The van der Waals surface area contributed by atoms with Crippen molar-refractivity contribution in [1.82, 2.24) is 4.90 Å². The topological polar surface area (TPSA) is 57.6 Å². The number of aliphatic carboxylic acids is 1. The lowest BCUT2D eigenvalue weighted by Gasteiger charge is -2.12. The quantitative estimate of drug-likeness (QED) is 0.676. The SMILES string of the molecule is CN(C)C(=O)CCCSCC1(CC(=O)O)CC1. The highest BCUT2D eigenvalue weighted by atomic mass is 32.2. The summed E-state index contributed by atoms with van der Waals surface area (Å²) >= 11 is 1.78. The number of carboxylic acid groups (broad SMARTS) is 1. The van der Waals surface area contributed by atoms with Crippen molar-refractivity contribution in [3.05, 3.63) is 0 Å². The van der Waals surface area contributed by atoms with Gasteiger partial charge in [-0.3, -0.25) is 9.59 Å². The van der Waals surface area contributed by atoms with Gasteiger partial charge in [-0.2, -0.15) is 11.8 Å². The van der Waals surface area contributed by atoms with Crippen LogP contribution in [-0.2, 0) is 9.59 Å². The van der Waals surface area contributed by atoms with E-state index in [0.29, 0.717) is 12.8 Å². The van der Waals surface area contributed by atoms with Crippen molar-refractivity contribution in [2.45, 2.75) is 32.1 Å². The van der Waals surface area contributed by atoms with Crippen LogP contribution in [0.15, 0.2) is 0 Å². The zero-order chi connectivity index (χ0) is 12.9. The minimum absolute atomic E-state index is 0.0715. The number of hydrogen-bond donors (Lipinski definition) is 1. The van der Waals surface area contributed by atoms with E-state index in [4.69, 9.17) is 5.11 Å². The lowest BCUT2D eigenvalue weighted by Crippen LogP contribution is -2.21. The first-order chi connectivity index (χ1) is 7.95. The molecule has 1 aliphatic rings. The Bertz CT molecular complexity index is 287. The maximum Gasteiger partial charge on any atom is 0.303 e. The average Bonchev–Trinajstić information content (AvgIpc) is 2.96. The number of rotatable bonds is 8. The fourth-order valence-electron chi connectivity index (χ4n) is 1.71. The lowest BCUT2D eigenvalue weighted by molar-refractivity contribution is -0.138. The van der Waals surface area contributed by atoms with Gasteiger partial charge in [0.25, 0.3) is 0 Å². The average molecular weight is 259 g/mol. The molecule has 0 radical (unpaired) electrons. The molecule has 1 saturated carbocycles. The van der Waals surface area contributed by atoms with E-state index in [1.165, 1.54) is 0 Å². The van der Waals surface area contributed by atoms with Crippen LogP contribution in [0.25, 0.3) is 0 Å². The fraction of sp³-hybridized carbons (Fsp3) is 0.833. The Morgan fingerprint density at radius 2 is 2.00 bits per heavy atom. The van der Waals surface area contributed by atoms with Crippen LogP contribution < -0.4 is 0 Å². The molecule has 4 nitrogen and oxygen atoms in total. The number of carbonyl (C=O) groups is 2. The van der Waals surface area contributed by atoms with Crippen molar-refractivity contribution in [3.63, 3.8) is 0 Å². The number of thioether (sulfide) groups is 1. The van der Waals surface area contributed by atoms with E-state index in [1.807, 2.05) is 0 Å². The molecule has 0 atom stereocenters. The molecular weight excluding hydrogens is 238 g/mol. The molecule has 0 aromatic heterocycles. The molecule has 1 aliphatic carbocycles. The Balaban J connectivity index is 2.05. The molecule has 98 valence electrons. The van der Waals surface area contributed by atoms with Crippen LogP contribution in [0.4, 0.5) is 0 Å². The second kappa shape index (κ2) is 6.28. The van der Waals surface area contributed by atoms with Gasteiger partial charge >= 0.3 is 5.97 Å². The third-order valence-corrected chi connectivity index (χ3v) is 4.46. The molecule has 5 heteroatoms. The van der Waals surface area contributed by atoms with Gasteiger partial charge in [-0.05, 0) is 36.2 Å². The molecule has 0 aromatic rings. The van der Waals surface area contributed by atoms with E-state index in [-0.39, 0.29) is 11.3 Å². The predicted molar refractivity (Wildman–Crippen MR) is 69.2 cm³/mol. The summed E-state index contributed by atoms with van der Waals surface area (Å²) in [5.41, 5.74) is 0.0715. The van der Waals surface area contributed by atoms with Crippen molar-refractivity contribution < 1.29 is 14.7 Å². The molecule has 1 amide bonds. The van der Waals surface area contributed by atoms with Crippen LogP contribution in [-0.4, -0.2) is 47.5 Å². The molecule has 1 rings (SSSR count). The summed E-state index contributed by atoms with van der Waals surface area (Å²) in [6.07, 6.45) is 3.86. The van der Waals surface area contributed by atoms with Crippen LogP contribution in [0.2, 0.25) is 0 Å². The maximum atomic E-state index is 11.3. The first-order valence-corrected chi connectivity index (χ1v) is 7.10. The standard InChI is InChI=1S/C12H21NO3S/c1-13(2)10(14)4-3-7-17-9-12(5-6-12)8-11(15)16/h3-9H2,1-2H3,(H,15,16). The van der Waals surface area contributed by atoms with Gasteiger partial charge in [0, 0.05) is 20.5 Å². The van der Waals surface area contributed by atoms with Gasteiger partial charge in [0.15, 0.2) is 0 Å².